The fourth-order valence-electron chi connectivity index (χ4n) is 0.374. The Morgan fingerprint density at radius 1 is 1.45 bits per heavy atom. The average Bonchev–Trinajstić information content (AvgIpc) is 1.86. The van der Waals surface area contributed by atoms with Crippen molar-refractivity contribution >= 4 is 12.1 Å². The van der Waals surface area contributed by atoms with Crippen molar-refractivity contribution in [2.45, 2.75) is 27.2 Å². The Labute approximate surface area is 65.7 Å². The third kappa shape index (κ3) is 3.02. The Bertz CT molecular complexity index is 175. The average molecular weight is 159 g/mol. The molecule has 1 amide bonds. The van der Waals surface area contributed by atoms with Gasteiger partial charge >= 0.3 is 12.1 Å². The molecule has 0 radical (unpaired) electrons. The minimum Gasteiger partial charge on any atom is -0.376 e. The summed E-state index contributed by atoms with van der Waals surface area (Å²) < 4.78 is 4.21. The second kappa shape index (κ2) is 3.37. The highest BCUT2D eigenvalue weighted by molar-refractivity contribution is 5.86. The SMILES string of the molecule is CCC(C)(C)C(=O)OC(N)=O. The topological polar surface area (TPSA) is 69.4 Å². The molecule has 0 atom stereocenters. The lowest BCUT2D eigenvalue weighted by Crippen LogP contribution is -2.30. The summed E-state index contributed by atoms with van der Waals surface area (Å²) >= 11 is 0. The molecule has 0 bridgehead atoms. The molecule has 0 aromatic heterocycles. The highest BCUT2D eigenvalue weighted by atomic mass is 16.6. The zero-order valence-electron chi connectivity index (χ0n) is 7.01. The van der Waals surface area contributed by atoms with E-state index in [1.54, 1.807) is 13.8 Å². The monoisotopic (exact) mass is 159 g/mol. The summed E-state index contributed by atoms with van der Waals surface area (Å²) in [5.74, 6) is -0.576. The lowest BCUT2D eigenvalue weighted by molar-refractivity contribution is -0.146. The van der Waals surface area contributed by atoms with E-state index in [1.807, 2.05) is 6.92 Å². The molecule has 0 aliphatic rings. The van der Waals surface area contributed by atoms with Crippen LogP contribution in [0.1, 0.15) is 27.2 Å². The number of nitrogens with two attached hydrogens (primary N) is 1. The van der Waals surface area contributed by atoms with Crippen LogP contribution in [-0.4, -0.2) is 12.1 Å². The van der Waals surface area contributed by atoms with Gasteiger partial charge < -0.3 is 10.5 Å². The van der Waals surface area contributed by atoms with Gasteiger partial charge in [-0.3, -0.25) is 4.79 Å². The molecule has 0 unspecified atom stereocenters. The highest BCUT2D eigenvalue weighted by Crippen LogP contribution is 2.21. The Balaban J connectivity index is 4.13. The quantitative estimate of drug-likeness (QED) is 0.483. The van der Waals surface area contributed by atoms with Crippen molar-refractivity contribution in [2.75, 3.05) is 0 Å². The van der Waals surface area contributed by atoms with Gasteiger partial charge in [0.25, 0.3) is 0 Å². The summed E-state index contributed by atoms with van der Waals surface area (Å²) in [5.41, 5.74) is 4.03. The number of carbonyl (C=O) groups excluding carboxylic acids is 2. The molecule has 0 aromatic rings. The molecule has 2 N–H and O–H groups in total. The first-order valence-corrected chi connectivity index (χ1v) is 3.42. The van der Waals surface area contributed by atoms with E-state index in [0.29, 0.717) is 6.42 Å². The maximum absolute atomic E-state index is 11.0. The van der Waals surface area contributed by atoms with Gasteiger partial charge in [-0.2, -0.15) is 0 Å². The number of amides is 1. The highest BCUT2D eigenvalue weighted by Gasteiger charge is 2.28. The zero-order chi connectivity index (χ0) is 9.07. The number of hydrogen-bond donors (Lipinski definition) is 1. The lowest BCUT2D eigenvalue weighted by Gasteiger charge is -2.18. The van der Waals surface area contributed by atoms with Gasteiger partial charge in [0.1, 0.15) is 0 Å². The van der Waals surface area contributed by atoms with Crippen LogP contribution in [0, 0.1) is 5.41 Å². The molecule has 0 rings (SSSR count). The molecule has 0 fully saturated rings. The van der Waals surface area contributed by atoms with Crippen LogP contribution < -0.4 is 5.73 Å². The second-order valence-corrected chi connectivity index (χ2v) is 2.95. The first kappa shape index (κ1) is 9.94. The Morgan fingerprint density at radius 3 is 2.18 bits per heavy atom. The van der Waals surface area contributed by atoms with Crippen LogP contribution in [0.5, 0.6) is 0 Å². The Kier molecular flexibility index (Phi) is 3.04. The van der Waals surface area contributed by atoms with E-state index in [4.69, 9.17) is 0 Å². The maximum Gasteiger partial charge on any atom is 0.412 e. The molecule has 4 nitrogen and oxygen atoms in total. The molecule has 4 heteroatoms. The van der Waals surface area contributed by atoms with Crippen molar-refractivity contribution in [3.05, 3.63) is 0 Å². The molecule has 0 aromatic carbocycles. The molecule has 0 heterocycles. The van der Waals surface area contributed by atoms with Crippen LogP contribution in [0.25, 0.3) is 0 Å². The molecule has 0 spiro atoms. The van der Waals surface area contributed by atoms with Gasteiger partial charge in [-0.1, -0.05) is 6.92 Å². The first-order valence-electron chi connectivity index (χ1n) is 3.42. The molecular formula is C7H13NO3. The largest absolute Gasteiger partial charge is 0.412 e. The normalized spacial score (nSPS) is 10.8. The van der Waals surface area contributed by atoms with E-state index in [0.717, 1.165) is 0 Å². The first-order chi connectivity index (χ1) is 4.90. The zero-order valence-corrected chi connectivity index (χ0v) is 7.01. The summed E-state index contributed by atoms with van der Waals surface area (Å²) in [7, 11) is 0. The van der Waals surface area contributed by atoms with Crippen LogP contribution in [0.3, 0.4) is 0 Å². The van der Waals surface area contributed by atoms with Crippen LogP contribution in [0.2, 0.25) is 0 Å². The fourth-order valence-corrected chi connectivity index (χ4v) is 0.374. The number of primary amides is 1. The Morgan fingerprint density at radius 2 is 1.91 bits per heavy atom. The van der Waals surface area contributed by atoms with Gasteiger partial charge in [-0.15, -0.1) is 0 Å². The van der Waals surface area contributed by atoms with E-state index >= 15 is 0 Å². The third-order valence-corrected chi connectivity index (χ3v) is 1.63. The molecule has 0 saturated heterocycles. The minimum absolute atomic E-state index is 0.576. The predicted molar refractivity (Wildman–Crippen MR) is 39.7 cm³/mol. The molecule has 0 aliphatic carbocycles. The van der Waals surface area contributed by atoms with E-state index in [2.05, 4.69) is 10.5 Å². The summed E-state index contributed by atoms with van der Waals surface area (Å²) in [4.78, 5) is 21.1. The number of ether oxygens (including phenoxy) is 1. The van der Waals surface area contributed by atoms with Crippen LogP contribution >= 0.6 is 0 Å². The van der Waals surface area contributed by atoms with Crippen LogP contribution in [0.4, 0.5) is 4.79 Å². The van der Waals surface area contributed by atoms with Crippen molar-refractivity contribution in [3.63, 3.8) is 0 Å². The van der Waals surface area contributed by atoms with E-state index in [1.165, 1.54) is 0 Å². The van der Waals surface area contributed by atoms with E-state index in [9.17, 15) is 9.59 Å². The van der Waals surface area contributed by atoms with Crippen molar-refractivity contribution in [1.82, 2.24) is 0 Å². The second-order valence-electron chi connectivity index (χ2n) is 2.95. The molecule has 64 valence electrons. The van der Waals surface area contributed by atoms with Gasteiger partial charge in [0, 0.05) is 0 Å². The van der Waals surface area contributed by atoms with Crippen molar-refractivity contribution in [3.8, 4) is 0 Å². The summed E-state index contributed by atoms with van der Waals surface area (Å²) in [6.07, 6.45) is -0.435. The standard InChI is InChI=1S/C7H13NO3/c1-4-7(2,3)5(9)11-6(8)10/h4H2,1-3H3,(H2,8,10). The molecule has 0 aliphatic heterocycles. The molecular weight excluding hydrogens is 146 g/mol. The molecule has 0 saturated carbocycles. The van der Waals surface area contributed by atoms with Gasteiger partial charge in [0.05, 0.1) is 5.41 Å². The molecule has 11 heavy (non-hydrogen) atoms. The lowest BCUT2D eigenvalue weighted by atomic mass is 9.91. The number of carbonyl (C=O) groups is 2. The Hall–Kier alpha value is -1.06. The van der Waals surface area contributed by atoms with Gasteiger partial charge in [-0.05, 0) is 20.3 Å². The van der Waals surface area contributed by atoms with Crippen molar-refractivity contribution in [2.24, 2.45) is 11.1 Å². The smallest absolute Gasteiger partial charge is 0.376 e. The summed E-state index contributed by atoms with van der Waals surface area (Å²) in [5, 5.41) is 0. The van der Waals surface area contributed by atoms with Crippen molar-refractivity contribution < 1.29 is 14.3 Å². The summed E-state index contributed by atoms with van der Waals surface area (Å²) in [6.45, 7) is 5.22. The van der Waals surface area contributed by atoms with E-state index < -0.39 is 17.5 Å². The predicted octanol–water partition coefficient (Wildman–Crippen LogP) is 1.04. The van der Waals surface area contributed by atoms with Crippen molar-refractivity contribution in [1.29, 1.82) is 0 Å². The number of rotatable bonds is 2. The summed E-state index contributed by atoms with van der Waals surface area (Å²) in [6, 6.07) is 0. The number of esters is 1. The van der Waals surface area contributed by atoms with Gasteiger partial charge in [0.2, 0.25) is 0 Å². The van der Waals surface area contributed by atoms with E-state index in [-0.39, 0.29) is 0 Å². The fraction of sp³-hybridized carbons (Fsp3) is 0.714. The number of hydrogen-bond acceptors (Lipinski definition) is 3. The minimum atomic E-state index is -1.04. The van der Waals surface area contributed by atoms with Gasteiger partial charge in [0.15, 0.2) is 0 Å². The maximum atomic E-state index is 11.0. The van der Waals surface area contributed by atoms with Crippen LogP contribution in [0.15, 0.2) is 0 Å². The van der Waals surface area contributed by atoms with Crippen LogP contribution in [-0.2, 0) is 9.53 Å². The van der Waals surface area contributed by atoms with Gasteiger partial charge in [-0.25, -0.2) is 4.79 Å². The third-order valence-electron chi connectivity index (χ3n) is 1.63.